The van der Waals surface area contributed by atoms with Gasteiger partial charge in [-0.05, 0) is 0 Å². The zero-order valence-corrected chi connectivity index (χ0v) is 34.8. The molecule has 0 N–H and O–H groups in total. The Hall–Kier alpha value is 0.251. The first-order chi connectivity index (χ1) is 18.6. The topological polar surface area (TPSA) is 0 Å². The number of hydrogen-bond donors (Lipinski definition) is 0. The van der Waals surface area contributed by atoms with E-state index in [1.165, 1.54) is 25.7 Å². The first kappa shape index (κ1) is 34.7. The van der Waals surface area contributed by atoms with Gasteiger partial charge >= 0.3 is 270 Å². The van der Waals surface area contributed by atoms with Gasteiger partial charge in [0, 0.05) is 0 Å². The van der Waals surface area contributed by atoms with E-state index < -0.39 is 52.7 Å². The summed E-state index contributed by atoms with van der Waals surface area (Å²) in [6, 6.07) is 23.1. The van der Waals surface area contributed by atoms with E-state index in [1.54, 1.807) is 11.7 Å². The van der Waals surface area contributed by atoms with Crippen LogP contribution < -0.4 is 6.54 Å². The number of allylic oxidation sites excluding steroid dienone is 4. The average molecular weight is 724 g/mol. The molecule has 0 heterocycles. The fourth-order valence-corrected chi connectivity index (χ4v) is 48.1. The van der Waals surface area contributed by atoms with Crippen molar-refractivity contribution in [3.05, 3.63) is 80.4 Å². The van der Waals surface area contributed by atoms with Crippen LogP contribution in [0.15, 0.2) is 80.4 Å². The van der Waals surface area contributed by atoms with Gasteiger partial charge in [-0.1, -0.05) is 0 Å². The van der Waals surface area contributed by atoms with Gasteiger partial charge in [-0.2, -0.15) is 0 Å². The Labute approximate surface area is 268 Å². The number of hydrogen-bond acceptors (Lipinski definition) is 0. The summed E-state index contributed by atoms with van der Waals surface area (Å²) >= 11 is 12.5. The van der Waals surface area contributed by atoms with Gasteiger partial charge in [-0.25, -0.2) is 0 Å². The minimum atomic E-state index is -2.44. The molecule has 3 rings (SSSR count). The van der Waals surface area contributed by atoms with Crippen LogP contribution >= 0.6 is 22.2 Å². The molecule has 7 heteroatoms. The Bertz CT molecular complexity index is 1140. The van der Waals surface area contributed by atoms with Crippen molar-refractivity contribution in [3.8, 4) is 0 Å². The summed E-state index contributed by atoms with van der Waals surface area (Å²) in [5.41, 5.74) is 0. The van der Waals surface area contributed by atoms with E-state index in [0.717, 1.165) is 6.42 Å². The fraction of sp³-hybridized carbons (Fsp3) is 0.515. The first-order valence-electron chi connectivity index (χ1n) is 15.4. The Morgan fingerprint density at radius 2 is 1.05 bits per heavy atom. The van der Waals surface area contributed by atoms with E-state index in [4.69, 9.17) is 22.2 Å². The summed E-state index contributed by atoms with van der Waals surface area (Å²) in [5.74, 6) is 0. The summed E-state index contributed by atoms with van der Waals surface area (Å²) in [5, 5.41) is 4.98. The molecule has 0 bridgehead atoms. The number of benzene rings is 2. The Kier molecular flexibility index (Phi) is 12.1. The second-order valence-electron chi connectivity index (χ2n) is 14.0. The van der Waals surface area contributed by atoms with Crippen LogP contribution in [0.25, 0.3) is 0 Å². The van der Waals surface area contributed by atoms with E-state index in [9.17, 15) is 0 Å². The van der Waals surface area contributed by atoms with Gasteiger partial charge in [0.2, 0.25) is 0 Å². The van der Waals surface area contributed by atoms with E-state index in [0.29, 0.717) is 10.3 Å². The molecule has 0 aliphatic heterocycles. The molecule has 0 aromatic heterocycles. The quantitative estimate of drug-likeness (QED) is 0.143. The summed E-state index contributed by atoms with van der Waals surface area (Å²) in [7, 11) is -7.61. The third-order valence-corrected chi connectivity index (χ3v) is 40.3. The maximum atomic E-state index is 7.49. The van der Waals surface area contributed by atoms with Crippen molar-refractivity contribution < 1.29 is 21.8 Å². The van der Waals surface area contributed by atoms with Crippen LogP contribution in [0.4, 0.5) is 0 Å². The van der Waals surface area contributed by atoms with Crippen molar-refractivity contribution in [2.45, 2.75) is 109 Å². The predicted molar refractivity (Wildman–Crippen MR) is 191 cm³/mol. The molecule has 0 radical (unpaired) electrons. The van der Waals surface area contributed by atoms with E-state index in [2.05, 4.69) is 133 Å². The molecule has 0 spiro atoms. The molecule has 2 atom stereocenters. The van der Waals surface area contributed by atoms with Crippen molar-refractivity contribution in [1.29, 1.82) is 0 Å². The minimum absolute atomic E-state index is 0.657. The molecule has 2 aromatic carbocycles. The van der Waals surface area contributed by atoms with Gasteiger partial charge in [-0.3, -0.25) is 0 Å². The maximum absolute atomic E-state index is 7.49. The number of halogens is 2. The Morgan fingerprint density at radius 3 is 1.43 bits per heavy atom. The SMILES string of the molecule is CCCC([Si](C)(C)Cl)[Si](C)(C)C1=CC[C]([Zr]([c]2ccccc2)[c]2ccccc2)=C1[Si](C)(C)C(CCC)[Si](C)(C)Cl. The summed E-state index contributed by atoms with van der Waals surface area (Å²) in [6.45, 7) is 25.2. The molecule has 219 valence electrons. The second-order valence-corrected chi connectivity index (χ2v) is 44.2. The third-order valence-electron chi connectivity index (χ3n) is 9.40. The molecule has 0 amide bonds. The van der Waals surface area contributed by atoms with Gasteiger partial charge in [0.25, 0.3) is 0 Å². The summed E-state index contributed by atoms with van der Waals surface area (Å²) < 4.78 is 5.07. The van der Waals surface area contributed by atoms with Crippen LogP contribution in [0.1, 0.15) is 46.0 Å². The Balaban J connectivity index is 2.39. The van der Waals surface area contributed by atoms with E-state index in [-0.39, 0.29) is 0 Å². The molecule has 0 nitrogen and oxygen atoms in total. The zero-order valence-electron chi connectivity index (χ0n) is 26.8. The molecule has 1 aliphatic rings. The summed E-state index contributed by atoms with van der Waals surface area (Å²) in [6.07, 6.45) is 8.85. The molecule has 0 saturated heterocycles. The predicted octanol–water partition coefficient (Wildman–Crippen LogP) is 10.6. The molecule has 40 heavy (non-hydrogen) atoms. The second kappa shape index (κ2) is 13.9. The van der Waals surface area contributed by atoms with Crippen LogP contribution in [0, 0.1) is 0 Å². The van der Waals surface area contributed by atoms with Crippen LogP contribution in [-0.2, 0) is 21.8 Å². The molecule has 0 saturated carbocycles. The third kappa shape index (κ3) is 7.66. The zero-order chi connectivity index (χ0) is 29.9. The standard InChI is InChI=1S/C21H43Cl2Si4.2C6H5.Zr/c1-11-14-20(26(7,8)22)24(3,4)18-16-13-17-19(18)25(5,6)21(15-12-2)27(9,10)23;2*1-2-4-6-5-3-1;/h16,20-21H,11-15H2,1-10H3;2*1-5H;. The normalized spacial score (nSPS) is 16.6. The van der Waals surface area contributed by atoms with Crippen LogP contribution in [0.3, 0.4) is 0 Å². The molecular weight excluding hydrogens is 671 g/mol. The van der Waals surface area contributed by atoms with Crippen molar-refractivity contribution >= 4 is 59.6 Å². The molecule has 1 aliphatic carbocycles. The van der Waals surface area contributed by atoms with Gasteiger partial charge in [-0.15, -0.1) is 0 Å². The van der Waals surface area contributed by atoms with Gasteiger partial charge in [0.15, 0.2) is 0 Å². The molecule has 2 aromatic rings. The van der Waals surface area contributed by atoms with Gasteiger partial charge in [0.05, 0.1) is 0 Å². The monoisotopic (exact) mass is 721 g/mol. The molecule has 2 unspecified atom stereocenters. The van der Waals surface area contributed by atoms with Crippen molar-refractivity contribution in [1.82, 2.24) is 0 Å². The first-order valence-corrected chi connectivity index (χ1v) is 33.4. The van der Waals surface area contributed by atoms with Crippen molar-refractivity contribution in [3.63, 3.8) is 0 Å². The average Bonchev–Trinajstić information content (AvgIpc) is 3.32. The van der Waals surface area contributed by atoms with Gasteiger partial charge < -0.3 is 0 Å². The van der Waals surface area contributed by atoms with Gasteiger partial charge in [0.1, 0.15) is 0 Å². The van der Waals surface area contributed by atoms with E-state index in [1.807, 2.05) is 8.48 Å². The van der Waals surface area contributed by atoms with E-state index >= 15 is 0 Å². The van der Waals surface area contributed by atoms with Crippen LogP contribution in [0.2, 0.25) is 62.7 Å². The van der Waals surface area contributed by atoms with Crippen molar-refractivity contribution in [2.24, 2.45) is 0 Å². The molecule has 0 fully saturated rings. The van der Waals surface area contributed by atoms with Crippen LogP contribution in [0.5, 0.6) is 0 Å². The fourth-order valence-electron chi connectivity index (χ4n) is 7.91. The molecular formula is C33H53Cl2Si4Zr. The van der Waals surface area contributed by atoms with Crippen LogP contribution in [-0.4, -0.2) is 30.9 Å². The summed E-state index contributed by atoms with van der Waals surface area (Å²) in [4.78, 5) is 0. The van der Waals surface area contributed by atoms with Crippen molar-refractivity contribution in [2.75, 3.05) is 0 Å². The Morgan fingerprint density at radius 1 is 0.650 bits per heavy atom. The number of rotatable bonds is 13.